The van der Waals surface area contributed by atoms with Gasteiger partial charge in [0, 0.05) is 13.1 Å². The standard InChI is InChI=1S/C13H18N2O4S/c1-14(7-13(18)19)10-5-15(6-11(10)16)12(17)4-9-2-3-20-8-9/h2-3,8,10-11,16H,4-7H2,1H3,(H,18,19)/t10?,11-/m1/s1. The number of aliphatic hydroxyl groups is 1. The lowest BCUT2D eigenvalue weighted by Gasteiger charge is -2.24. The first-order chi connectivity index (χ1) is 9.47. The molecule has 1 aromatic rings. The number of carbonyl (C=O) groups is 2. The largest absolute Gasteiger partial charge is 0.480 e. The Morgan fingerprint density at radius 2 is 2.25 bits per heavy atom. The molecule has 1 fully saturated rings. The van der Waals surface area contributed by atoms with Crippen molar-refractivity contribution in [1.29, 1.82) is 0 Å². The molecule has 0 spiro atoms. The van der Waals surface area contributed by atoms with Gasteiger partial charge >= 0.3 is 5.97 Å². The van der Waals surface area contributed by atoms with Crippen molar-refractivity contribution < 1.29 is 19.8 Å². The third-order valence-electron chi connectivity index (χ3n) is 3.50. The van der Waals surface area contributed by atoms with Crippen LogP contribution < -0.4 is 0 Å². The van der Waals surface area contributed by atoms with E-state index in [1.165, 1.54) is 0 Å². The Morgan fingerprint density at radius 3 is 2.85 bits per heavy atom. The number of likely N-dealkylation sites (N-methyl/N-ethyl adjacent to an activating group) is 1. The highest BCUT2D eigenvalue weighted by Crippen LogP contribution is 2.17. The first kappa shape index (κ1) is 15.0. The zero-order valence-electron chi connectivity index (χ0n) is 11.2. The molecule has 110 valence electrons. The number of nitrogens with zero attached hydrogens (tertiary/aromatic N) is 2. The lowest BCUT2D eigenvalue weighted by Crippen LogP contribution is -2.43. The summed E-state index contributed by atoms with van der Waals surface area (Å²) in [6.07, 6.45) is -0.378. The molecule has 2 N–H and O–H groups in total. The summed E-state index contributed by atoms with van der Waals surface area (Å²) in [5.74, 6) is -0.976. The molecule has 2 atom stereocenters. The molecular weight excluding hydrogens is 280 g/mol. The fourth-order valence-electron chi connectivity index (χ4n) is 2.42. The molecule has 0 aliphatic carbocycles. The zero-order chi connectivity index (χ0) is 14.7. The van der Waals surface area contributed by atoms with Gasteiger partial charge in [-0.3, -0.25) is 14.5 Å². The number of carbonyl (C=O) groups excluding carboxylic acids is 1. The van der Waals surface area contributed by atoms with Crippen molar-refractivity contribution >= 4 is 23.2 Å². The molecule has 0 bridgehead atoms. The molecule has 1 aliphatic heterocycles. The number of carboxylic acids is 1. The van der Waals surface area contributed by atoms with Crippen LogP contribution in [-0.2, 0) is 16.0 Å². The average molecular weight is 298 g/mol. The molecule has 20 heavy (non-hydrogen) atoms. The van der Waals surface area contributed by atoms with Gasteiger partial charge in [-0.05, 0) is 29.4 Å². The van der Waals surface area contributed by atoms with Gasteiger partial charge in [-0.2, -0.15) is 11.3 Å². The van der Waals surface area contributed by atoms with E-state index in [0.717, 1.165) is 5.56 Å². The second kappa shape index (κ2) is 6.34. The van der Waals surface area contributed by atoms with E-state index >= 15 is 0 Å². The Balaban J connectivity index is 1.92. The van der Waals surface area contributed by atoms with E-state index < -0.39 is 12.1 Å². The van der Waals surface area contributed by atoms with Crippen molar-refractivity contribution in [3.63, 3.8) is 0 Å². The SMILES string of the molecule is CN(CC(=O)O)C1CN(C(=O)Cc2ccsc2)C[C@H]1O. The summed E-state index contributed by atoms with van der Waals surface area (Å²) >= 11 is 1.54. The minimum atomic E-state index is -0.942. The Bertz CT molecular complexity index is 477. The lowest BCUT2D eigenvalue weighted by atomic mass is 10.2. The van der Waals surface area contributed by atoms with Gasteiger partial charge in [0.15, 0.2) is 0 Å². The zero-order valence-corrected chi connectivity index (χ0v) is 12.0. The number of carboxylic acid groups (broad SMARTS) is 1. The minimum absolute atomic E-state index is 0.0336. The summed E-state index contributed by atoms with van der Waals surface area (Å²) in [5, 5.41) is 22.6. The summed E-state index contributed by atoms with van der Waals surface area (Å²) < 4.78 is 0. The highest BCUT2D eigenvalue weighted by atomic mass is 32.1. The summed E-state index contributed by atoms with van der Waals surface area (Å²) in [7, 11) is 1.65. The first-order valence-corrected chi connectivity index (χ1v) is 7.30. The van der Waals surface area contributed by atoms with E-state index in [1.807, 2.05) is 16.8 Å². The number of hydrogen-bond acceptors (Lipinski definition) is 5. The van der Waals surface area contributed by atoms with E-state index in [2.05, 4.69) is 0 Å². The van der Waals surface area contributed by atoms with Crippen molar-refractivity contribution in [3.8, 4) is 0 Å². The summed E-state index contributed by atoms with van der Waals surface area (Å²) in [4.78, 5) is 26.0. The quantitative estimate of drug-likeness (QED) is 0.792. The smallest absolute Gasteiger partial charge is 0.317 e. The molecule has 1 aromatic heterocycles. The highest BCUT2D eigenvalue weighted by Gasteiger charge is 2.36. The normalized spacial score (nSPS) is 22.4. The van der Waals surface area contributed by atoms with E-state index in [-0.39, 0.29) is 25.0 Å². The molecule has 6 nitrogen and oxygen atoms in total. The maximum Gasteiger partial charge on any atom is 0.317 e. The fourth-order valence-corrected chi connectivity index (χ4v) is 3.09. The maximum atomic E-state index is 12.1. The Kier molecular flexibility index (Phi) is 4.74. The van der Waals surface area contributed by atoms with Crippen molar-refractivity contribution in [1.82, 2.24) is 9.80 Å². The second-order valence-corrected chi connectivity index (χ2v) is 5.83. The van der Waals surface area contributed by atoms with Gasteiger partial charge in [0.2, 0.25) is 5.91 Å². The van der Waals surface area contributed by atoms with E-state index in [4.69, 9.17) is 5.11 Å². The molecule has 0 aromatic carbocycles. The fraction of sp³-hybridized carbons (Fsp3) is 0.538. The molecule has 7 heteroatoms. The van der Waals surface area contributed by atoms with E-state index in [0.29, 0.717) is 13.0 Å². The number of β-amino-alcohol motifs (C(OH)–C–C–N with tert-alkyl or cyclic N) is 1. The molecule has 1 aliphatic rings. The van der Waals surface area contributed by atoms with Gasteiger partial charge in [0.05, 0.1) is 25.1 Å². The topological polar surface area (TPSA) is 81.1 Å². The molecule has 0 saturated carbocycles. The van der Waals surface area contributed by atoms with Gasteiger partial charge < -0.3 is 15.1 Å². The molecular formula is C13H18N2O4S. The average Bonchev–Trinajstić information content (AvgIpc) is 2.97. The van der Waals surface area contributed by atoms with Crippen LogP contribution in [0.25, 0.3) is 0 Å². The first-order valence-electron chi connectivity index (χ1n) is 6.36. The van der Waals surface area contributed by atoms with Gasteiger partial charge in [0.25, 0.3) is 0 Å². The van der Waals surface area contributed by atoms with Gasteiger partial charge in [-0.1, -0.05) is 0 Å². The van der Waals surface area contributed by atoms with Crippen LogP contribution in [0, 0.1) is 0 Å². The number of amides is 1. The van der Waals surface area contributed by atoms with Crippen LogP contribution >= 0.6 is 11.3 Å². The van der Waals surface area contributed by atoms with Crippen LogP contribution in [0.4, 0.5) is 0 Å². The van der Waals surface area contributed by atoms with Gasteiger partial charge in [-0.25, -0.2) is 0 Å². The molecule has 1 amide bonds. The molecule has 1 unspecified atom stereocenters. The monoisotopic (exact) mass is 298 g/mol. The summed E-state index contributed by atoms with van der Waals surface area (Å²) in [6.45, 7) is 0.486. The van der Waals surface area contributed by atoms with Crippen LogP contribution in [0.2, 0.25) is 0 Å². The minimum Gasteiger partial charge on any atom is -0.480 e. The third kappa shape index (κ3) is 3.56. The Labute approximate surface area is 121 Å². The lowest BCUT2D eigenvalue weighted by molar-refractivity contribution is -0.138. The van der Waals surface area contributed by atoms with Crippen molar-refractivity contribution in [3.05, 3.63) is 22.4 Å². The third-order valence-corrected chi connectivity index (χ3v) is 4.23. The number of likely N-dealkylation sites (tertiary alicyclic amines) is 1. The van der Waals surface area contributed by atoms with Crippen molar-refractivity contribution in [2.24, 2.45) is 0 Å². The van der Waals surface area contributed by atoms with Crippen molar-refractivity contribution in [2.75, 3.05) is 26.7 Å². The van der Waals surface area contributed by atoms with E-state index in [1.54, 1.807) is 28.2 Å². The van der Waals surface area contributed by atoms with Crippen LogP contribution in [0.1, 0.15) is 5.56 Å². The van der Waals surface area contributed by atoms with Gasteiger partial charge in [-0.15, -0.1) is 0 Å². The number of aliphatic hydroxyl groups excluding tert-OH is 1. The van der Waals surface area contributed by atoms with Gasteiger partial charge in [0.1, 0.15) is 0 Å². The molecule has 0 radical (unpaired) electrons. The number of thiophene rings is 1. The maximum absolute atomic E-state index is 12.1. The van der Waals surface area contributed by atoms with Crippen LogP contribution in [0.3, 0.4) is 0 Å². The number of rotatable bonds is 5. The van der Waals surface area contributed by atoms with Crippen LogP contribution in [-0.4, -0.2) is 70.7 Å². The van der Waals surface area contributed by atoms with Crippen LogP contribution in [0.15, 0.2) is 16.8 Å². The highest BCUT2D eigenvalue weighted by molar-refractivity contribution is 7.07. The predicted octanol–water partition coefficient (Wildman–Crippen LogP) is -0.121. The van der Waals surface area contributed by atoms with Crippen LogP contribution in [0.5, 0.6) is 0 Å². The Morgan fingerprint density at radius 1 is 1.50 bits per heavy atom. The Hall–Kier alpha value is -1.44. The van der Waals surface area contributed by atoms with Crippen molar-refractivity contribution in [2.45, 2.75) is 18.6 Å². The molecule has 2 heterocycles. The number of aliphatic carboxylic acids is 1. The molecule has 1 saturated heterocycles. The molecule has 2 rings (SSSR count). The van der Waals surface area contributed by atoms with E-state index in [9.17, 15) is 14.7 Å². The predicted molar refractivity (Wildman–Crippen MR) is 74.7 cm³/mol. The number of hydrogen-bond donors (Lipinski definition) is 2. The summed E-state index contributed by atoms with van der Waals surface area (Å²) in [6, 6.07) is 1.58. The summed E-state index contributed by atoms with van der Waals surface area (Å²) in [5.41, 5.74) is 0.969. The second-order valence-electron chi connectivity index (χ2n) is 5.05.